The SMILES string of the molecule is CCN1CCN(Cc2ccc(NC(=O)CCCN)cc2)CC1.Cl.Cl.Cl. The molecule has 0 aliphatic carbocycles. The Kier molecular flexibility index (Phi) is 15.6. The molecule has 1 aliphatic heterocycles. The van der Waals surface area contributed by atoms with Gasteiger partial charge in [-0.15, -0.1) is 37.2 Å². The standard InChI is InChI=1S/C17H28N4O.3ClH/c1-2-20-10-12-21(13-11-20)14-15-5-7-16(8-6-15)19-17(22)4-3-9-18;;;/h5-8H,2-4,9-14,18H2,1H3,(H,19,22);3*1H. The van der Waals surface area contributed by atoms with E-state index in [9.17, 15) is 4.79 Å². The zero-order chi connectivity index (χ0) is 15.8. The van der Waals surface area contributed by atoms with Crippen molar-refractivity contribution in [1.29, 1.82) is 0 Å². The molecule has 1 fully saturated rings. The molecule has 0 unspecified atom stereocenters. The third kappa shape index (κ3) is 9.64. The van der Waals surface area contributed by atoms with Crippen LogP contribution >= 0.6 is 37.2 Å². The number of nitrogens with one attached hydrogen (secondary N) is 1. The fourth-order valence-corrected chi connectivity index (χ4v) is 2.70. The third-order valence-electron chi connectivity index (χ3n) is 4.16. The second kappa shape index (κ2) is 14.6. The summed E-state index contributed by atoms with van der Waals surface area (Å²) in [6, 6.07) is 8.17. The first-order valence-electron chi connectivity index (χ1n) is 8.25. The van der Waals surface area contributed by atoms with Crippen molar-refractivity contribution in [3.8, 4) is 0 Å². The van der Waals surface area contributed by atoms with Gasteiger partial charge >= 0.3 is 0 Å². The molecule has 2 rings (SSSR count). The molecule has 5 nitrogen and oxygen atoms in total. The van der Waals surface area contributed by atoms with Crippen LogP contribution in [-0.2, 0) is 11.3 Å². The van der Waals surface area contributed by atoms with Gasteiger partial charge < -0.3 is 16.0 Å². The van der Waals surface area contributed by atoms with Gasteiger partial charge in [0.2, 0.25) is 5.91 Å². The molecular formula is C17H31Cl3N4O. The number of nitrogens with zero attached hydrogens (tertiary/aromatic N) is 2. The number of piperazine rings is 1. The lowest BCUT2D eigenvalue weighted by atomic mass is 10.1. The van der Waals surface area contributed by atoms with Crippen LogP contribution in [0.25, 0.3) is 0 Å². The van der Waals surface area contributed by atoms with Gasteiger partial charge in [-0.1, -0.05) is 19.1 Å². The van der Waals surface area contributed by atoms with Gasteiger partial charge in [0, 0.05) is 44.8 Å². The zero-order valence-corrected chi connectivity index (χ0v) is 17.2. The molecule has 0 bridgehead atoms. The zero-order valence-electron chi connectivity index (χ0n) is 14.8. The molecule has 1 heterocycles. The third-order valence-corrected chi connectivity index (χ3v) is 4.16. The summed E-state index contributed by atoms with van der Waals surface area (Å²) in [7, 11) is 0. The average Bonchev–Trinajstić information content (AvgIpc) is 2.55. The molecule has 0 atom stereocenters. The van der Waals surface area contributed by atoms with Crippen molar-refractivity contribution >= 4 is 48.8 Å². The van der Waals surface area contributed by atoms with Gasteiger partial charge in [-0.25, -0.2) is 0 Å². The van der Waals surface area contributed by atoms with Crippen LogP contribution in [0.15, 0.2) is 24.3 Å². The maximum atomic E-state index is 11.7. The highest BCUT2D eigenvalue weighted by atomic mass is 35.5. The van der Waals surface area contributed by atoms with E-state index >= 15 is 0 Å². The van der Waals surface area contributed by atoms with Crippen LogP contribution in [0.5, 0.6) is 0 Å². The molecule has 0 saturated carbocycles. The van der Waals surface area contributed by atoms with Gasteiger partial charge in [-0.3, -0.25) is 9.69 Å². The summed E-state index contributed by atoms with van der Waals surface area (Å²) in [5.74, 6) is 0.0360. The highest BCUT2D eigenvalue weighted by molar-refractivity contribution is 5.90. The van der Waals surface area contributed by atoms with E-state index in [4.69, 9.17) is 5.73 Å². The lowest BCUT2D eigenvalue weighted by Gasteiger charge is -2.34. The number of nitrogens with two attached hydrogens (primary N) is 1. The Morgan fingerprint density at radius 3 is 2.12 bits per heavy atom. The lowest BCUT2D eigenvalue weighted by Crippen LogP contribution is -2.45. The van der Waals surface area contributed by atoms with Crippen molar-refractivity contribution in [2.24, 2.45) is 5.73 Å². The van der Waals surface area contributed by atoms with Crippen molar-refractivity contribution in [1.82, 2.24) is 9.80 Å². The minimum absolute atomic E-state index is 0. The van der Waals surface area contributed by atoms with Crippen molar-refractivity contribution in [2.45, 2.75) is 26.3 Å². The Bertz CT molecular complexity index is 465. The number of hydrogen-bond acceptors (Lipinski definition) is 4. The topological polar surface area (TPSA) is 61.6 Å². The van der Waals surface area contributed by atoms with Gasteiger partial charge in [0.15, 0.2) is 0 Å². The summed E-state index contributed by atoms with van der Waals surface area (Å²) < 4.78 is 0. The van der Waals surface area contributed by atoms with Gasteiger partial charge in [-0.2, -0.15) is 0 Å². The minimum atomic E-state index is 0. The van der Waals surface area contributed by atoms with Gasteiger partial charge in [-0.05, 0) is 37.2 Å². The maximum absolute atomic E-state index is 11.7. The maximum Gasteiger partial charge on any atom is 0.224 e. The predicted molar refractivity (Wildman–Crippen MR) is 112 cm³/mol. The first-order valence-corrected chi connectivity index (χ1v) is 8.25. The van der Waals surface area contributed by atoms with Crippen LogP contribution in [-0.4, -0.2) is 55.0 Å². The number of carbonyl (C=O) groups is 1. The summed E-state index contributed by atoms with van der Waals surface area (Å²) in [5, 5.41) is 2.91. The fourth-order valence-electron chi connectivity index (χ4n) is 2.70. The Balaban J connectivity index is 0. The van der Waals surface area contributed by atoms with E-state index in [0.29, 0.717) is 13.0 Å². The van der Waals surface area contributed by atoms with Crippen LogP contribution in [0.4, 0.5) is 5.69 Å². The molecule has 25 heavy (non-hydrogen) atoms. The van der Waals surface area contributed by atoms with Crippen molar-refractivity contribution in [3.63, 3.8) is 0 Å². The van der Waals surface area contributed by atoms with Gasteiger partial charge in [0.1, 0.15) is 0 Å². The van der Waals surface area contributed by atoms with E-state index in [-0.39, 0.29) is 43.1 Å². The van der Waals surface area contributed by atoms with Crippen molar-refractivity contribution in [3.05, 3.63) is 29.8 Å². The molecule has 0 spiro atoms. The number of hydrogen-bond donors (Lipinski definition) is 2. The van der Waals surface area contributed by atoms with E-state index < -0.39 is 0 Å². The van der Waals surface area contributed by atoms with Crippen molar-refractivity contribution < 1.29 is 4.79 Å². The lowest BCUT2D eigenvalue weighted by molar-refractivity contribution is -0.116. The number of benzene rings is 1. The number of rotatable bonds is 7. The molecule has 8 heteroatoms. The monoisotopic (exact) mass is 412 g/mol. The van der Waals surface area contributed by atoms with Gasteiger partial charge in [0.05, 0.1) is 0 Å². The van der Waals surface area contributed by atoms with Crippen LogP contribution in [0.2, 0.25) is 0 Å². The van der Waals surface area contributed by atoms with E-state index in [0.717, 1.165) is 51.4 Å². The summed E-state index contributed by atoms with van der Waals surface area (Å²) in [5.41, 5.74) is 7.57. The smallest absolute Gasteiger partial charge is 0.224 e. The molecule has 1 aromatic carbocycles. The second-order valence-corrected chi connectivity index (χ2v) is 5.85. The van der Waals surface area contributed by atoms with E-state index in [1.807, 2.05) is 12.1 Å². The fraction of sp³-hybridized carbons (Fsp3) is 0.588. The second-order valence-electron chi connectivity index (χ2n) is 5.85. The molecule has 1 aromatic rings. The Hall–Kier alpha value is -0.560. The molecule has 1 aliphatic rings. The quantitative estimate of drug-likeness (QED) is 0.721. The van der Waals surface area contributed by atoms with Crippen molar-refractivity contribution in [2.75, 3.05) is 44.6 Å². The number of likely N-dealkylation sites (N-methyl/N-ethyl adjacent to an activating group) is 1. The average molecular weight is 414 g/mol. The first-order chi connectivity index (χ1) is 10.7. The summed E-state index contributed by atoms with van der Waals surface area (Å²) in [4.78, 5) is 16.6. The molecule has 0 radical (unpaired) electrons. The Labute approximate surface area is 169 Å². The molecule has 0 aromatic heterocycles. The van der Waals surface area contributed by atoms with E-state index in [2.05, 4.69) is 34.2 Å². The largest absolute Gasteiger partial charge is 0.330 e. The Morgan fingerprint density at radius 1 is 1.04 bits per heavy atom. The van der Waals surface area contributed by atoms with Crippen LogP contribution < -0.4 is 11.1 Å². The normalized spacial score (nSPS) is 14.6. The number of carbonyl (C=O) groups excluding carboxylic acids is 1. The van der Waals surface area contributed by atoms with E-state index in [1.165, 1.54) is 5.56 Å². The highest BCUT2D eigenvalue weighted by Crippen LogP contribution is 2.13. The molecule has 3 N–H and O–H groups in total. The summed E-state index contributed by atoms with van der Waals surface area (Å²) in [6.07, 6.45) is 1.22. The molecule has 146 valence electrons. The number of halogens is 3. The minimum Gasteiger partial charge on any atom is -0.330 e. The van der Waals surface area contributed by atoms with E-state index in [1.54, 1.807) is 0 Å². The number of amides is 1. The van der Waals surface area contributed by atoms with Crippen LogP contribution in [0.3, 0.4) is 0 Å². The van der Waals surface area contributed by atoms with Crippen LogP contribution in [0.1, 0.15) is 25.3 Å². The summed E-state index contributed by atoms with van der Waals surface area (Å²) in [6.45, 7) is 9.48. The predicted octanol–water partition coefficient (Wildman–Crippen LogP) is 2.77. The molecule has 1 saturated heterocycles. The molecular weight excluding hydrogens is 383 g/mol. The van der Waals surface area contributed by atoms with Crippen LogP contribution in [0, 0.1) is 0 Å². The number of anilines is 1. The Morgan fingerprint density at radius 2 is 1.60 bits per heavy atom. The molecule has 1 amide bonds. The summed E-state index contributed by atoms with van der Waals surface area (Å²) >= 11 is 0. The first kappa shape index (κ1) is 26.7. The highest BCUT2D eigenvalue weighted by Gasteiger charge is 2.15. The van der Waals surface area contributed by atoms with Gasteiger partial charge in [0.25, 0.3) is 0 Å².